The molecular weight excluding hydrogens is 249 g/mol. The minimum absolute atomic E-state index is 0.288. The number of aromatic nitrogens is 1. The molecule has 0 aliphatic carbocycles. The fraction of sp³-hybridized carbons (Fsp3) is 0. The van der Waals surface area contributed by atoms with Crippen LogP contribution >= 0.6 is 11.3 Å². The Hall–Kier alpha value is -2.07. The van der Waals surface area contributed by atoms with Crippen LogP contribution in [0, 0.1) is 5.82 Å². The van der Waals surface area contributed by atoms with Crippen molar-refractivity contribution >= 4 is 27.8 Å². The third-order valence-electron chi connectivity index (χ3n) is 2.73. The maximum atomic E-state index is 12.9. The zero-order valence-electron chi connectivity index (χ0n) is 9.26. The molecule has 3 aromatic rings. The minimum Gasteiger partial charge on any atom is -0.297 e. The molecule has 0 spiro atoms. The highest BCUT2D eigenvalue weighted by Gasteiger charge is 2.13. The van der Waals surface area contributed by atoms with E-state index in [4.69, 9.17) is 0 Å². The van der Waals surface area contributed by atoms with E-state index in [1.165, 1.54) is 23.5 Å². The molecule has 0 amide bonds. The van der Waals surface area contributed by atoms with Gasteiger partial charge in [-0.15, -0.1) is 11.3 Å². The molecule has 18 heavy (non-hydrogen) atoms. The van der Waals surface area contributed by atoms with E-state index in [2.05, 4.69) is 4.98 Å². The summed E-state index contributed by atoms with van der Waals surface area (Å²) in [5.74, 6) is -0.288. The average molecular weight is 257 g/mol. The van der Waals surface area contributed by atoms with Gasteiger partial charge in [-0.2, -0.15) is 0 Å². The van der Waals surface area contributed by atoms with Gasteiger partial charge in [0.15, 0.2) is 6.29 Å². The van der Waals surface area contributed by atoms with Crippen molar-refractivity contribution in [2.24, 2.45) is 0 Å². The Morgan fingerprint density at radius 3 is 2.67 bits per heavy atom. The highest BCUT2D eigenvalue weighted by Crippen LogP contribution is 2.36. The highest BCUT2D eigenvalue weighted by atomic mass is 32.1. The van der Waals surface area contributed by atoms with Crippen molar-refractivity contribution in [1.29, 1.82) is 0 Å². The number of carbonyl (C=O) groups excluding carboxylic acids is 1. The second kappa shape index (κ2) is 4.31. The zero-order valence-corrected chi connectivity index (χ0v) is 10.1. The summed E-state index contributed by atoms with van der Waals surface area (Å²) in [5, 5.41) is 0.927. The van der Waals surface area contributed by atoms with Gasteiger partial charge < -0.3 is 0 Å². The number of pyridine rings is 1. The maximum Gasteiger partial charge on any atom is 0.160 e. The molecule has 0 fully saturated rings. The molecule has 0 saturated heterocycles. The van der Waals surface area contributed by atoms with Crippen LogP contribution in [0.1, 0.15) is 9.67 Å². The van der Waals surface area contributed by atoms with Crippen LogP contribution in [0.3, 0.4) is 0 Å². The van der Waals surface area contributed by atoms with Crippen LogP contribution in [0.2, 0.25) is 0 Å². The molecule has 1 aromatic carbocycles. The fourth-order valence-corrected chi connectivity index (χ4v) is 2.93. The van der Waals surface area contributed by atoms with Crippen molar-refractivity contribution in [3.05, 3.63) is 53.3 Å². The third kappa shape index (κ3) is 1.71. The molecule has 0 aliphatic rings. The molecule has 2 heterocycles. The van der Waals surface area contributed by atoms with Crippen molar-refractivity contribution in [1.82, 2.24) is 4.98 Å². The highest BCUT2D eigenvalue weighted by molar-refractivity contribution is 7.20. The standard InChI is InChI=1S/C14H8FNOS/c15-10-5-3-9(4-6-10)13-11-2-1-7-16-14(11)18-12(13)8-17/h1-8H. The fourth-order valence-electron chi connectivity index (χ4n) is 1.95. The molecule has 0 N–H and O–H groups in total. The number of fused-ring (bicyclic) bond motifs is 1. The van der Waals surface area contributed by atoms with Crippen LogP contribution < -0.4 is 0 Å². The predicted octanol–water partition coefficient (Wildman–Crippen LogP) is 3.91. The summed E-state index contributed by atoms with van der Waals surface area (Å²) < 4.78 is 12.9. The van der Waals surface area contributed by atoms with E-state index >= 15 is 0 Å². The molecule has 2 aromatic heterocycles. The van der Waals surface area contributed by atoms with Crippen molar-refractivity contribution in [2.75, 3.05) is 0 Å². The molecular formula is C14H8FNOS. The molecule has 0 unspecified atom stereocenters. The van der Waals surface area contributed by atoms with Gasteiger partial charge in [0.1, 0.15) is 10.6 Å². The molecule has 0 aliphatic heterocycles. The normalized spacial score (nSPS) is 10.7. The van der Waals surface area contributed by atoms with E-state index < -0.39 is 0 Å². The Labute approximate surface area is 107 Å². The minimum atomic E-state index is -0.288. The van der Waals surface area contributed by atoms with Crippen molar-refractivity contribution < 1.29 is 9.18 Å². The molecule has 0 bridgehead atoms. The third-order valence-corrected chi connectivity index (χ3v) is 3.77. The Balaban J connectivity index is 2.32. The molecule has 0 saturated carbocycles. The number of hydrogen-bond acceptors (Lipinski definition) is 3. The van der Waals surface area contributed by atoms with Crippen LogP contribution in [0.15, 0.2) is 42.6 Å². The van der Waals surface area contributed by atoms with Gasteiger partial charge in [0.25, 0.3) is 0 Å². The van der Waals surface area contributed by atoms with Gasteiger partial charge in [0, 0.05) is 17.1 Å². The van der Waals surface area contributed by atoms with Gasteiger partial charge in [-0.3, -0.25) is 4.79 Å². The molecule has 2 nitrogen and oxygen atoms in total. The van der Waals surface area contributed by atoms with E-state index in [0.29, 0.717) is 4.88 Å². The SMILES string of the molecule is O=Cc1sc2ncccc2c1-c1ccc(F)cc1. The summed E-state index contributed by atoms with van der Waals surface area (Å²) in [7, 11) is 0. The Kier molecular flexibility index (Phi) is 2.64. The smallest absolute Gasteiger partial charge is 0.160 e. The van der Waals surface area contributed by atoms with Gasteiger partial charge in [-0.1, -0.05) is 12.1 Å². The maximum absolute atomic E-state index is 12.9. The summed E-state index contributed by atoms with van der Waals surface area (Å²) in [6, 6.07) is 9.89. The molecule has 3 rings (SSSR count). The van der Waals surface area contributed by atoms with Crippen molar-refractivity contribution in [3.63, 3.8) is 0 Å². The average Bonchev–Trinajstić information content (AvgIpc) is 2.78. The summed E-state index contributed by atoms with van der Waals surface area (Å²) in [4.78, 5) is 16.8. The second-order valence-corrected chi connectivity index (χ2v) is 4.85. The Morgan fingerprint density at radius 2 is 1.94 bits per heavy atom. The summed E-state index contributed by atoms with van der Waals surface area (Å²) in [6.45, 7) is 0. The van der Waals surface area contributed by atoms with Gasteiger partial charge in [0.05, 0.1) is 4.88 Å². The largest absolute Gasteiger partial charge is 0.297 e. The first-order valence-electron chi connectivity index (χ1n) is 5.38. The first kappa shape index (κ1) is 11.0. The van der Waals surface area contributed by atoms with E-state index in [-0.39, 0.29) is 5.82 Å². The lowest BCUT2D eigenvalue weighted by Crippen LogP contribution is -1.82. The van der Waals surface area contributed by atoms with Gasteiger partial charge >= 0.3 is 0 Å². The summed E-state index contributed by atoms with van der Waals surface area (Å²) in [5.41, 5.74) is 1.66. The molecule has 88 valence electrons. The van der Waals surface area contributed by atoms with E-state index in [0.717, 1.165) is 27.6 Å². The van der Waals surface area contributed by atoms with Crippen molar-refractivity contribution in [3.8, 4) is 11.1 Å². The number of nitrogens with zero attached hydrogens (tertiary/aromatic N) is 1. The Bertz CT molecular complexity index is 718. The summed E-state index contributed by atoms with van der Waals surface area (Å²) in [6.07, 6.45) is 2.52. The van der Waals surface area contributed by atoms with Crippen LogP contribution in [0.25, 0.3) is 21.3 Å². The second-order valence-electron chi connectivity index (χ2n) is 3.82. The monoisotopic (exact) mass is 257 g/mol. The van der Waals surface area contributed by atoms with Crippen LogP contribution in [0.5, 0.6) is 0 Å². The predicted molar refractivity (Wildman–Crippen MR) is 70.4 cm³/mol. The van der Waals surface area contributed by atoms with Gasteiger partial charge in [-0.25, -0.2) is 9.37 Å². The number of aldehydes is 1. The van der Waals surface area contributed by atoms with Gasteiger partial charge in [0.2, 0.25) is 0 Å². The molecule has 0 atom stereocenters. The van der Waals surface area contributed by atoms with E-state index in [9.17, 15) is 9.18 Å². The topological polar surface area (TPSA) is 30.0 Å². The lowest BCUT2D eigenvalue weighted by atomic mass is 10.0. The quantitative estimate of drug-likeness (QED) is 0.651. The first-order valence-corrected chi connectivity index (χ1v) is 6.20. The lowest BCUT2D eigenvalue weighted by Gasteiger charge is -2.01. The van der Waals surface area contributed by atoms with Crippen LogP contribution in [-0.4, -0.2) is 11.3 Å². The Morgan fingerprint density at radius 1 is 1.17 bits per heavy atom. The number of hydrogen-bond donors (Lipinski definition) is 0. The van der Waals surface area contributed by atoms with Crippen LogP contribution in [-0.2, 0) is 0 Å². The molecule has 0 radical (unpaired) electrons. The summed E-state index contributed by atoms with van der Waals surface area (Å²) >= 11 is 1.35. The van der Waals surface area contributed by atoms with Crippen molar-refractivity contribution in [2.45, 2.75) is 0 Å². The van der Waals surface area contributed by atoms with E-state index in [1.54, 1.807) is 18.3 Å². The van der Waals surface area contributed by atoms with E-state index in [1.807, 2.05) is 12.1 Å². The molecule has 4 heteroatoms. The first-order chi connectivity index (χ1) is 8.79. The number of halogens is 1. The van der Waals surface area contributed by atoms with Gasteiger partial charge in [-0.05, 0) is 29.8 Å². The number of benzene rings is 1. The zero-order chi connectivity index (χ0) is 12.5. The lowest BCUT2D eigenvalue weighted by molar-refractivity contribution is 0.112. The number of carbonyl (C=O) groups is 1. The number of rotatable bonds is 2. The van der Waals surface area contributed by atoms with Crippen LogP contribution in [0.4, 0.5) is 4.39 Å². The number of thiophene rings is 1.